The van der Waals surface area contributed by atoms with Crippen LogP contribution in [0.4, 0.5) is 0 Å². The summed E-state index contributed by atoms with van der Waals surface area (Å²) in [7, 11) is 0. The van der Waals surface area contributed by atoms with Gasteiger partial charge < -0.3 is 4.90 Å². The third-order valence-corrected chi connectivity index (χ3v) is 3.62. The van der Waals surface area contributed by atoms with Crippen LogP contribution in [-0.4, -0.2) is 34.3 Å². The Morgan fingerprint density at radius 3 is 2.82 bits per heavy atom. The molecule has 3 nitrogen and oxygen atoms in total. The molecule has 0 aliphatic carbocycles. The van der Waals surface area contributed by atoms with Gasteiger partial charge in [-0.25, -0.2) is 0 Å². The first-order valence-corrected chi connectivity index (χ1v) is 6.47. The fourth-order valence-corrected chi connectivity index (χ4v) is 2.63. The highest BCUT2D eigenvalue weighted by Crippen LogP contribution is 2.15. The smallest absolute Gasteiger partial charge is 0.0683 e. The van der Waals surface area contributed by atoms with E-state index in [4.69, 9.17) is 0 Å². The van der Waals surface area contributed by atoms with Gasteiger partial charge in [-0.15, -0.1) is 0 Å². The molecule has 0 atom stereocenters. The van der Waals surface area contributed by atoms with E-state index in [1.165, 1.54) is 42.4 Å². The van der Waals surface area contributed by atoms with Gasteiger partial charge in [0.25, 0.3) is 0 Å². The standard InChI is InChI=1S/C14H19N3/c1-12-4-5-14-13(10-12)11-15-17(14)9-8-16-6-2-3-7-16/h4-5,10-11H,2-3,6-9H2,1H3. The summed E-state index contributed by atoms with van der Waals surface area (Å²) in [4.78, 5) is 2.53. The number of likely N-dealkylation sites (tertiary alicyclic amines) is 1. The lowest BCUT2D eigenvalue weighted by molar-refractivity contribution is 0.318. The SMILES string of the molecule is Cc1ccc2c(cnn2CCN2CCCC2)c1. The number of nitrogens with zero attached hydrogens (tertiary/aromatic N) is 3. The third kappa shape index (κ3) is 2.20. The summed E-state index contributed by atoms with van der Waals surface area (Å²) in [6.45, 7) is 6.79. The van der Waals surface area contributed by atoms with E-state index in [1.807, 2.05) is 6.20 Å². The lowest BCUT2D eigenvalue weighted by atomic mass is 10.2. The summed E-state index contributed by atoms with van der Waals surface area (Å²) < 4.78 is 2.13. The normalized spacial score (nSPS) is 17.0. The van der Waals surface area contributed by atoms with Gasteiger partial charge in [-0.05, 0) is 45.0 Å². The molecule has 2 heterocycles. The number of aryl methyl sites for hydroxylation is 1. The van der Waals surface area contributed by atoms with Crippen molar-refractivity contribution in [3.05, 3.63) is 30.0 Å². The molecule has 0 radical (unpaired) electrons. The molecule has 90 valence electrons. The van der Waals surface area contributed by atoms with Crippen molar-refractivity contribution in [3.63, 3.8) is 0 Å². The van der Waals surface area contributed by atoms with Crippen LogP contribution in [0.2, 0.25) is 0 Å². The lowest BCUT2D eigenvalue weighted by Gasteiger charge is -2.14. The van der Waals surface area contributed by atoms with Gasteiger partial charge in [0.1, 0.15) is 0 Å². The molecule has 1 aliphatic heterocycles. The number of rotatable bonds is 3. The molecule has 1 saturated heterocycles. The molecule has 1 aliphatic rings. The highest BCUT2D eigenvalue weighted by molar-refractivity contribution is 5.79. The van der Waals surface area contributed by atoms with Crippen molar-refractivity contribution in [3.8, 4) is 0 Å². The maximum atomic E-state index is 4.49. The second kappa shape index (κ2) is 4.49. The quantitative estimate of drug-likeness (QED) is 0.806. The largest absolute Gasteiger partial charge is 0.301 e. The van der Waals surface area contributed by atoms with E-state index in [1.54, 1.807) is 0 Å². The lowest BCUT2D eigenvalue weighted by Crippen LogP contribution is -2.24. The van der Waals surface area contributed by atoms with Gasteiger partial charge in [-0.3, -0.25) is 4.68 Å². The summed E-state index contributed by atoms with van der Waals surface area (Å²) in [5.41, 5.74) is 2.56. The fraction of sp³-hybridized carbons (Fsp3) is 0.500. The van der Waals surface area contributed by atoms with E-state index in [0.717, 1.165) is 13.1 Å². The first-order valence-electron chi connectivity index (χ1n) is 6.47. The Labute approximate surface area is 102 Å². The maximum absolute atomic E-state index is 4.49. The molecule has 1 aromatic heterocycles. The average molecular weight is 229 g/mol. The van der Waals surface area contributed by atoms with E-state index in [2.05, 4.69) is 39.8 Å². The Morgan fingerprint density at radius 2 is 2.00 bits per heavy atom. The first-order chi connectivity index (χ1) is 8.33. The minimum atomic E-state index is 1.01. The summed E-state index contributed by atoms with van der Waals surface area (Å²) in [6.07, 6.45) is 4.70. The number of hydrogen-bond acceptors (Lipinski definition) is 2. The zero-order chi connectivity index (χ0) is 11.7. The zero-order valence-corrected chi connectivity index (χ0v) is 10.4. The fourth-order valence-electron chi connectivity index (χ4n) is 2.63. The number of hydrogen-bond donors (Lipinski definition) is 0. The molecule has 1 fully saturated rings. The van der Waals surface area contributed by atoms with Gasteiger partial charge >= 0.3 is 0 Å². The Bertz CT molecular complexity index is 509. The Hall–Kier alpha value is -1.35. The number of benzene rings is 1. The van der Waals surface area contributed by atoms with Crippen LogP contribution in [-0.2, 0) is 6.54 Å². The van der Waals surface area contributed by atoms with E-state index >= 15 is 0 Å². The van der Waals surface area contributed by atoms with Crippen molar-refractivity contribution >= 4 is 10.9 Å². The molecular formula is C14H19N3. The van der Waals surface area contributed by atoms with Crippen molar-refractivity contribution < 1.29 is 0 Å². The molecular weight excluding hydrogens is 210 g/mol. The highest BCUT2D eigenvalue weighted by atomic mass is 15.3. The predicted molar refractivity (Wildman–Crippen MR) is 70.1 cm³/mol. The van der Waals surface area contributed by atoms with Crippen LogP contribution in [0.1, 0.15) is 18.4 Å². The number of aromatic nitrogens is 2. The Kier molecular flexibility index (Phi) is 2.85. The van der Waals surface area contributed by atoms with E-state index < -0.39 is 0 Å². The minimum Gasteiger partial charge on any atom is -0.301 e. The maximum Gasteiger partial charge on any atom is 0.0683 e. The first kappa shape index (κ1) is 10.8. The molecule has 0 bridgehead atoms. The number of fused-ring (bicyclic) bond motifs is 1. The highest BCUT2D eigenvalue weighted by Gasteiger charge is 2.11. The molecule has 17 heavy (non-hydrogen) atoms. The van der Waals surface area contributed by atoms with Crippen LogP contribution < -0.4 is 0 Å². The minimum absolute atomic E-state index is 1.01. The molecule has 0 N–H and O–H groups in total. The van der Waals surface area contributed by atoms with Crippen molar-refractivity contribution in [2.45, 2.75) is 26.3 Å². The van der Waals surface area contributed by atoms with Crippen LogP contribution in [0.5, 0.6) is 0 Å². The van der Waals surface area contributed by atoms with Gasteiger partial charge in [-0.2, -0.15) is 5.10 Å². The zero-order valence-electron chi connectivity index (χ0n) is 10.4. The molecule has 3 rings (SSSR count). The van der Waals surface area contributed by atoms with Gasteiger partial charge in [0, 0.05) is 11.9 Å². The topological polar surface area (TPSA) is 21.1 Å². The molecule has 0 unspecified atom stereocenters. The van der Waals surface area contributed by atoms with Crippen molar-refractivity contribution in [1.82, 2.24) is 14.7 Å². The average Bonchev–Trinajstić information content (AvgIpc) is 2.94. The summed E-state index contributed by atoms with van der Waals surface area (Å²) in [6, 6.07) is 6.55. The Morgan fingerprint density at radius 1 is 1.18 bits per heavy atom. The summed E-state index contributed by atoms with van der Waals surface area (Å²) in [5.74, 6) is 0. The third-order valence-electron chi connectivity index (χ3n) is 3.62. The molecule has 2 aromatic rings. The van der Waals surface area contributed by atoms with Gasteiger partial charge in [0.05, 0.1) is 18.3 Å². The molecule has 0 saturated carbocycles. The van der Waals surface area contributed by atoms with E-state index in [0.29, 0.717) is 0 Å². The van der Waals surface area contributed by atoms with E-state index in [9.17, 15) is 0 Å². The van der Waals surface area contributed by atoms with Crippen molar-refractivity contribution in [2.75, 3.05) is 19.6 Å². The van der Waals surface area contributed by atoms with Gasteiger partial charge in [0.2, 0.25) is 0 Å². The molecule has 0 amide bonds. The van der Waals surface area contributed by atoms with Gasteiger partial charge in [0.15, 0.2) is 0 Å². The van der Waals surface area contributed by atoms with Crippen LogP contribution in [0.15, 0.2) is 24.4 Å². The second-order valence-corrected chi connectivity index (χ2v) is 4.98. The summed E-state index contributed by atoms with van der Waals surface area (Å²) in [5, 5.41) is 5.74. The van der Waals surface area contributed by atoms with E-state index in [-0.39, 0.29) is 0 Å². The molecule has 0 spiro atoms. The molecule has 1 aromatic carbocycles. The monoisotopic (exact) mass is 229 g/mol. The molecule has 3 heteroatoms. The van der Waals surface area contributed by atoms with Crippen LogP contribution in [0.25, 0.3) is 10.9 Å². The van der Waals surface area contributed by atoms with Crippen LogP contribution in [0.3, 0.4) is 0 Å². The van der Waals surface area contributed by atoms with Crippen molar-refractivity contribution in [1.29, 1.82) is 0 Å². The van der Waals surface area contributed by atoms with Crippen LogP contribution in [0, 0.1) is 6.92 Å². The van der Waals surface area contributed by atoms with Gasteiger partial charge in [-0.1, -0.05) is 11.6 Å². The van der Waals surface area contributed by atoms with Crippen molar-refractivity contribution in [2.24, 2.45) is 0 Å². The summed E-state index contributed by atoms with van der Waals surface area (Å²) >= 11 is 0. The Balaban J connectivity index is 1.76. The van der Waals surface area contributed by atoms with Crippen LogP contribution >= 0.6 is 0 Å². The second-order valence-electron chi connectivity index (χ2n) is 4.98. The predicted octanol–water partition coefficient (Wildman–Crippen LogP) is 2.44.